The highest BCUT2D eigenvalue weighted by atomic mass is 16.5. The molecule has 1 aromatic carbocycles. The number of carbonyl (C=O) groups is 2. The lowest BCUT2D eigenvalue weighted by Crippen LogP contribution is -2.54. The van der Waals surface area contributed by atoms with Crippen LogP contribution in [0.25, 0.3) is 0 Å². The largest absolute Gasteiger partial charge is 0.382 e. The van der Waals surface area contributed by atoms with Crippen molar-refractivity contribution in [3.05, 3.63) is 35.9 Å². The molecule has 2 aliphatic rings. The molecule has 3 rings (SSSR count). The number of nitrogens with one attached hydrogen (secondary N) is 1. The Morgan fingerprint density at radius 3 is 2.66 bits per heavy atom. The third kappa shape index (κ3) is 5.99. The van der Waals surface area contributed by atoms with E-state index in [1.54, 1.807) is 0 Å². The van der Waals surface area contributed by atoms with Gasteiger partial charge in [0.15, 0.2) is 0 Å². The van der Waals surface area contributed by atoms with Crippen LogP contribution in [0.3, 0.4) is 0 Å². The highest BCUT2D eigenvalue weighted by molar-refractivity contribution is 5.90. The Bertz CT molecular complexity index is 666. The predicted molar refractivity (Wildman–Crippen MR) is 109 cm³/mol. The molecule has 2 heterocycles. The number of carbonyl (C=O) groups excluding carboxylic acids is 2. The van der Waals surface area contributed by atoms with Gasteiger partial charge >= 0.3 is 0 Å². The summed E-state index contributed by atoms with van der Waals surface area (Å²) >= 11 is 0. The Hall–Kier alpha value is -2.00. The topological polar surface area (TPSA) is 108 Å². The standard InChI is InChI=1S/C21H32N4O4/c22-17(15-16-5-2-1-3-6-16)19(26)21(28)25-9-4-7-18(25)20(27)23-8-10-24-11-13-29-14-12-24/h1-3,5-6,17-19,26H,4,7-15,22H2,(H,23,27)/t17?,18-,19?/m0/s1. The fourth-order valence-electron chi connectivity index (χ4n) is 3.93. The van der Waals surface area contributed by atoms with Crippen molar-refractivity contribution in [2.24, 2.45) is 5.73 Å². The Labute approximate surface area is 172 Å². The minimum atomic E-state index is -1.32. The first kappa shape index (κ1) is 21.7. The fourth-order valence-corrected chi connectivity index (χ4v) is 3.93. The molecule has 3 atom stereocenters. The van der Waals surface area contributed by atoms with Gasteiger partial charge in [-0.25, -0.2) is 0 Å². The summed E-state index contributed by atoms with van der Waals surface area (Å²) in [6, 6.07) is 8.28. The van der Waals surface area contributed by atoms with Gasteiger partial charge in [-0.05, 0) is 24.8 Å². The second-order valence-corrected chi connectivity index (χ2v) is 7.73. The zero-order chi connectivity index (χ0) is 20.6. The molecule has 0 saturated carbocycles. The highest BCUT2D eigenvalue weighted by Crippen LogP contribution is 2.19. The quantitative estimate of drug-likeness (QED) is 0.532. The van der Waals surface area contributed by atoms with E-state index in [2.05, 4.69) is 10.2 Å². The van der Waals surface area contributed by atoms with Crippen LogP contribution in [-0.4, -0.2) is 90.8 Å². The van der Waals surface area contributed by atoms with Crippen LogP contribution in [0.4, 0.5) is 0 Å². The third-order valence-electron chi connectivity index (χ3n) is 5.64. The molecule has 0 radical (unpaired) electrons. The number of rotatable bonds is 8. The number of nitrogens with two attached hydrogens (primary N) is 1. The van der Waals surface area contributed by atoms with E-state index in [1.807, 2.05) is 30.3 Å². The molecule has 29 heavy (non-hydrogen) atoms. The summed E-state index contributed by atoms with van der Waals surface area (Å²) in [6.45, 7) is 4.95. The van der Waals surface area contributed by atoms with Gasteiger partial charge < -0.3 is 25.8 Å². The minimum absolute atomic E-state index is 0.159. The molecule has 4 N–H and O–H groups in total. The summed E-state index contributed by atoms with van der Waals surface area (Å²) in [6.07, 6.45) is 0.429. The maximum absolute atomic E-state index is 12.8. The van der Waals surface area contributed by atoms with Crippen LogP contribution in [0.15, 0.2) is 30.3 Å². The average Bonchev–Trinajstić information content (AvgIpc) is 3.24. The molecule has 160 valence electrons. The lowest BCUT2D eigenvalue weighted by Gasteiger charge is -2.29. The van der Waals surface area contributed by atoms with Crippen molar-refractivity contribution in [3.8, 4) is 0 Å². The van der Waals surface area contributed by atoms with Crippen molar-refractivity contribution in [2.45, 2.75) is 37.5 Å². The van der Waals surface area contributed by atoms with E-state index >= 15 is 0 Å². The first-order valence-electron chi connectivity index (χ1n) is 10.4. The van der Waals surface area contributed by atoms with Crippen LogP contribution in [-0.2, 0) is 20.7 Å². The summed E-state index contributed by atoms with van der Waals surface area (Å²) in [4.78, 5) is 29.2. The molecule has 0 aliphatic carbocycles. The number of benzene rings is 1. The average molecular weight is 405 g/mol. The Balaban J connectivity index is 1.48. The maximum atomic E-state index is 12.8. The van der Waals surface area contributed by atoms with Gasteiger partial charge in [0, 0.05) is 38.8 Å². The summed E-state index contributed by atoms with van der Waals surface area (Å²) in [5, 5.41) is 13.4. The van der Waals surface area contributed by atoms with Crippen molar-refractivity contribution in [2.75, 3.05) is 45.9 Å². The number of hydrogen-bond donors (Lipinski definition) is 3. The molecule has 8 heteroatoms. The Morgan fingerprint density at radius 2 is 1.93 bits per heavy atom. The molecular weight excluding hydrogens is 372 g/mol. The molecule has 8 nitrogen and oxygen atoms in total. The molecule has 0 bridgehead atoms. The Morgan fingerprint density at radius 1 is 1.21 bits per heavy atom. The number of nitrogens with zero attached hydrogens (tertiary/aromatic N) is 2. The third-order valence-corrected chi connectivity index (χ3v) is 5.64. The first-order chi connectivity index (χ1) is 14.1. The molecule has 2 saturated heterocycles. The minimum Gasteiger partial charge on any atom is -0.382 e. The van der Waals surface area contributed by atoms with E-state index in [1.165, 1.54) is 4.90 Å². The van der Waals surface area contributed by atoms with Crippen molar-refractivity contribution in [1.29, 1.82) is 0 Å². The molecule has 2 fully saturated rings. The second kappa shape index (κ2) is 10.7. The lowest BCUT2D eigenvalue weighted by molar-refractivity contribution is -0.146. The Kier molecular flexibility index (Phi) is 8.00. The van der Waals surface area contributed by atoms with Gasteiger partial charge in [-0.15, -0.1) is 0 Å². The van der Waals surface area contributed by atoms with Crippen molar-refractivity contribution in [3.63, 3.8) is 0 Å². The van der Waals surface area contributed by atoms with Crippen LogP contribution in [0, 0.1) is 0 Å². The zero-order valence-electron chi connectivity index (χ0n) is 16.8. The summed E-state index contributed by atoms with van der Waals surface area (Å²) in [7, 11) is 0. The van der Waals surface area contributed by atoms with Gasteiger partial charge in [-0.1, -0.05) is 30.3 Å². The monoisotopic (exact) mass is 404 g/mol. The predicted octanol–water partition coefficient (Wildman–Crippen LogP) is -0.643. The van der Waals surface area contributed by atoms with E-state index in [4.69, 9.17) is 10.5 Å². The molecular formula is C21H32N4O4. The van der Waals surface area contributed by atoms with E-state index < -0.39 is 24.1 Å². The van der Waals surface area contributed by atoms with Gasteiger partial charge in [0.1, 0.15) is 12.1 Å². The summed E-state index contributed by atoms with van der Waals surface area (Å²) in [5.74, 6) is -0.618. The van der Waals surface area contributed by atoms with Crippen LogP contribution < -0.4 is 11.1 Å². The maximum Gasteiger partial charge on any atom is 0.253 e. The van der Waals surface area contributed by atoms with Crippen molar-refractivity contribution >= 4 is 11.8 Å². The smallest absolute Gasteiger partial charge is 0.253 e. The van der Waals surface area contributed by atoms with Gasteiger partial charge in [0.2, 0.25) is 5.91 Å². The summed E-state index contributed by atoms with van der Waals surface area (Å²) in [5.41, 5.74) is 7.05. The van der Waals surface area contributed by atoms with Gasteiger partial charge in [-0.3, -0.25) is 14.5 Å². The van der Waals surface area contributed by atoms with Crippen LogP contribution >= 0.6 is 0 Å². The van der Waals surface area contributed by atoms with Gasteiger partial charge in [0.25, 0.3) is 5.91 Å². The van der Waals surface area contributed by atoms with Gasteiger partial charge in [-0.2, -0.15) is 0 Å². The zero-order valence-corrected chi connectivity index (χ0v) is 16.8. The van der Waals surface area contributed by atoms with Crippen molar-refractivity contribution in [1.82, 2.24) is 15.1 Å². The number of likely N-dealkylation sites (tertiary alicyclic amines) is 1. The number of amides is 2. The molecule has 2 aliphatic heterocycles. The van der Waals surface area contributed by atoms with Crippen LogP contribution in [0.5, 0.6) is 0 Å². The number of aliphatic hydroxyl groups is 1. The molecule has 0 spiro atoms. The molecule has 0 aromatic heterocycles. The molecule has 1 aromatic rings. The molecule has 2 amide bonds. The van der Waals surface area contributed by atoms with Gasteiger partial charge in [0.05, 0.1) is 13.2 Å². The van der Waals surface area contributed by atoms with E-state index in [0.717, 1.165) is 44.8 Å². The number of aliphatic hydroxyl groups excluding tert-OH is 1. The second-order valence-electron chi connectivity index (χ2n) is 7.73. The van der Waals surface area contributed by atoms with E-state index in [9.17, 15) is 14.7 Å². The number of ether oxygens (including phenoxy) is 1. The van der Waals surface area contributed by atoms with Crippen molar-refractivity contribution < 1.29 is 19.4 Å². The normalized spacial score (nSPS) is 22.3. The van der Waals surface area contributed by atoms with Crippen LogP contribution in [0.2, 0.25) is 0 Å². The highest BCUT2D eigenvalue weighted by Gasteiger charge is 2.38. The molecule has 2 unspecified atom stereocenters. The number of morpholine rings is 1. The van der Waals surface area contributed by atoms with E-state index in [0.29, 0.717) is 25.9 Å². The summed E-state index contributed by atoms with van der Waals surface area (Å²) < 4.78 is 5.32. The first-order valence-corrected chi connectivity index (χ1v) is 10.4. The fraction of sp³-hybridized carbons (Fsp3) is 0.619. The lowest BCUT2D eigenvalue weighted by atomic mass is 10.0. The number of hydrogen-bond acceptors (Lipinski definition) is 6. The van der Waals surface area contributed by atoms with E-state index in [-0.39, 0.29) is 5.91 Å². The SMILES string of the molecule is NC(Cc1ccccc1)C(O)C(=O)N1CCC[C@H]1C(=O)NCCN1CCOCC1. The van der Waals surface area contributed by atoms with Crippen LogP contribution in [0.1, 0.15) is 18.4 Å².